The summed E-state index contributed by atoms with van der Waals surface area (Å²) in [7, 11) is 2.70. The normalized spacial score (nSPS) is 15.9. The van der Waals surface area contributed by atoms with Gasteiger partial charge < -0.3 is 20.4 Å². The van der Waals surface area contributed by atoms with Gasteiger partial charge >= 0.3 is 6.18 Å². The first kappa shape index (κ1) is 23.8. The second-order valence-electron chi connectivity index (χ2n) is 6.15. The molecule has 0 atom stereocenters. The van der Waals surface area contributed by atoms with Gasteiger partial charge in [0.2, 0.25) is 5.91 Å². The number of hydrogen-bond donors (Lipinski definition) is 2. The number of guanidine groups is 1. The van der Waals surface area contributed by atoms with Crippen molar-refractivity contribution in [2.75, 3.05) is 45.2 Å². The first-order valence-electron chi connectivity index (χ1n) is 8.35. The van der Waals surface area contributed by atoms with Crippen molar-refractivity contribution in [1.29, 1.82) is 0 Å². The number of amides is 1. The number of likely N-dealkylation sites (N-methyl/N-ethyl adjacent to an activating group) is 1. The zero-order valence-corrected chi connectivity index (χ0v) is 18.4. The van der Waals surface area contributed by atoms with Crippen LogP contribution in [0.5, 0.6) is 0 Å². The highest BCUT2D eigenvalue weighted by Crippen LogP contribution is 2.24. The van der Waals surface area contributed by atoms with Gasteiger partial charge in [0.25, 0.3) is 0 Å². The van der Waals surface area contributed by atoms with Crippen LogP contribution in [0.1, 0.15) is 12.8 Å². The van der Waals surface area contributed by atoms with Crippen LogP contribution < -0.4 is 15.5 Å². The fraction of sp³-hybridized carbons (Fsp3) is 0.625. The minimum atomic E-state index is -4.40. The molecule has 1 fully saturated rings. The van der Waals surface area contributed by atoms with Crippen LogP contribution in [-0.4, -0.2) is 69.3 Å². The summed E-state index contributed by atoms with van der Waals surface area (Å²) in [5.41, 5.74) is 0. The molecule has 2 N–H and O–H groups in total. The quantitative estimate of drug-likeness (QED) is 0.357. The van der Waals surface area contributed by atoms with E-state index in [1.807, 2.05) is 6.07 Å². The number of aliphatic imine (C=N–C) groups is 1. The van der Waals surface area contributed by atoms with Gasteiger partial charge in [0.1, 0.15) is 6.54 Å². The highest BCUT2D eigenvalue weighted by atomic mass is 127. The fourth-order valence-electron chi connectivity index (χ4n) is 2.73. The minimum Gasteiger partial charge on any atom is -0.363 e. The van der Waals surface area contributed by atoms with E-state index in [4.69, 9.17) is 0 Å². The van der Waals surface area contributed by atoms with Gasteiger partial charge in [-0.1, -0.05) is 0 Å². The van der Waals surface area contributed by atoms with Gasteiger partial charge in [-0.15, -0.1) is 35.3 Å². The molecule has 1 aliphatic heterocycles. The molecule has 27 heavy (non-hydrogen) atoms. The van der Waals surface area contributed by atoms with E-state index in [-0.39, 0.29) is 36.6 Å². The largest absolute Gasteiger partial charge is 0.406 e. The van der Waals surface area contributed by atoms with Crippen molar-refractivity contribution in [3.8, 4) is 0 Å². The number of rotatable bonds is 5. The van der Waals surface area contributed by atoms with E-state index in [2.05, 4.69) is 32.0 Å². The Morgan fingerprint density at radius 1 is 1.41 bits per heavy atom. The highest BCUT2D eigenvalue weighted by Gasteiger charge is 2.31. The Labute approximate surface area is 178 Å². The molecule has 0 radical (unpaired) electrons. The fourth-order valence-corrected chi connectivity index (χ4v) is 3.52. The third kappa shape index (κ3) is 8.11. The number of nitrogens with one attached hydrogen (secondary N) is 2. The Morgan fingerprint density at radius 2 is 2.07 bits per heavy atom. The lowest BCUT2D eigenvalue weighted by molar-refractivity contribution is -0.157. The lowest BCUT2D eigenvalue weighted by Gasteiger charge is -2.33. The average Bonchev–Trinajstić information content (AvgIpc) is 3.11. The molecule has 154 valence electrons. The zero-order valence-electron chi connectivity index (χ0n) is 15.3. The van der Waals surface area contributed by atoms with Crippen LogP contribution in [0.2, 0.25) is 0 Å². The van der Waals surface area contributed by atoms with E-state index in [9.17, 15) is 18.0 Å². The summed E-state index contributed by atoms with van der Waals surface area (Å²) in [5, 5.41) is 9.34. The number of carbonyl (C=O) groups excluding carboxylic acids is 1. The maximum absolute atomic E-state index is 12.3. The number of carbonyl (C=O) groups is 1. The number of hydrogen-bond acceptors (Lipinski definition) is 4. The number of halogens is 4. The number of alkyl halides is 3. The first-order valence-corrected chi connectivity index (χ1v) is 9.23. The van der Waals surface area contributed by atoms with Crippen LogP contribution in [-0.2, 0) is 4.79 Å². The Bertz CT molecular complexity index is 604. The molecule has 0 aliphatic carbocycles. The molecule has 1 amide bonds. The van der Waals surface area contributed by atoms with Crippen LogP contribution in [0.3, 0.4) is 0 Å². The van der Waals surface area contributed by atoms with Gasteiger partial charge in [-0.3, -0.25) is 9.79 Å². The molecule has 0 aromatic carbocycles. The van der Waals surface area contributed by atoms with Crippen LogP contribution in [0.4, 0.5) is 18.2 Å². The van der Waals surface area contributed by atoms with Crippen molar-refractivity contribution in [3.63, 3.8) is 0 Å². The van der Waals surface area contributed by atoms with Crippen LogP contribution >= 0.6 is 35.3 Å². The molecule has 1 aliphatic rings. The lowest BCUT2D eigenvalue weighted by atomic mass is 10.1. The Kier molecular flexibility index (Phi) is 9.63. The van der Waals surface area contributed by atoms with Crippen molar-refractivity contribution in [2.45, 2.75) is 25.1 Å². The van der Waals surface area contributed by atoms with Crippen molar-refractivity contribution in [3.05, 3.63) is 17.5 Å². The second kappa shape index (κ2) is 10.9. The average molecular weight is 519 g/mol. The van der Waals surface area contributed by atoms with Gasteiger partial charge in [0.15, 0.2) is 5.96 Å². The van der Waals surface area contributed by atoms with Crippen molar-refractivity contribution in [1.82, 2.24) is 15.5 Å². The summed E-state index contributed by atoms with van der Waals surface area (Å²) in [5.74, 6) is -0.217. The van der Waals surface area contributed by atoms with Crippen molar-refractivity contribution >= 4 is 52.2 Å². The Balaban J connectivity index is 0.00000364. The molecule has 6 nitrogen and oxygen atoms in total. The van der Waals surface area contributed by atoms with E-state index >= 15 is 0 Å². The molecule has 0 bridgehead atoms. The molecule has 1 saturated heterocycles. The summed E-state index contributed by atoms with van der Waals surface area (Å²) in [6, 6.07) is 4.34. The lowest BCUT2D eigenvalue weighted by Crippen LogP contribution is -2.50. The molecule has 0 spiro atoms. The van der Waals surface area contributed by atoms with E-state index in [0.717, 1.165) is 33.0 Å². The van der Waals surface area contributed by atoms with Crippen molar-refractivity contribution in [2.24, 2.45) is 4.99 Å². The molecule has 2 heterocycles. The number of piperidine rings is 1. The van der Waals surface area contributed by atoms with Gasteiger partial charge in [-0.2, -0.15) is 13.2 Å². The first-order chi connectivity index (χ1) is 12.3. The predicted molar refractivity (Wildman–Crippen MR) is 113 cm³/mol. The van der Waals surface area contributed by atoms with Crippen molar-refractivity contribution < 1.29 is 18.0 Å². The van der Waals surface area contributed by atoms with E-state index in [1.54, 1.807) is 18.4 Å². The molecular formula is C16H25F3IN5OS. The number of anilines is 1. The summed E-state index contributed by atoms with van der Waals surface area (Å²) >= 11 is 1.71. The predicted octanol–water partition coefficient (Wildman–Crippen LogP) is 2.52. The van der Waals surface area contributed by atoms with Crippen LogP contribution in [0, 0.1) is 0 Å². The maximum atomic E-state index is 12.3. The summed E-state index contributed by atoms with van der Waals surface area (Å²) < 4.78 is 37.0. The third-order valence-corrected chi connectivity index (χ3v) is 5.06. The topological polar surface area (TPSA) is 60.0 Å². The third-order valence-electron chi connectivity index (χ3n) is 4.13. The van der Waals surface area contributed by atoms with Gasteiger partial charge in [-0.25, -0.2) is 0 Å². The monoisotopic (exact) mass is 519 g/mol. The van der Waals surface area contributed by atoms with E-state index < -0.39 is 18.6 Å². The zero-order chi connectivity index (χ0) is 19.2. The van der Waals surface area contributed by atoms with E-state index in [1.165, 1.54) is 5.00 Å². The Hall–Kier alpha value is -1.24. The van der Waals surface area contributed by atoms with Gasteiger partial charge in [-0.05, 0) is 30.4 Å². The van der Waals surface area contributed by atoms with E-state index in [0.29, 0.717) is 10.9 Å². The van der Waals surface area contributed by atoms with Crippen LogP contribution in [0.15, 0.2) is 22.5 Å². The minimum absolute atomic E-state index is 0. The van der Waals surface area contributed by atoms with Gasteiger partial charge in [0.05, 0.1) is 11.5 Å². The molecule has 1 aromatic rings. The molecule has 0 saturated carbocycles. The van der Waals surface area contributed by atoms with Gasteiger partial charge in [0, 0.05) is 33.2 Å². The Morgan fingerprint density at radius 3 is 2.59 bits per heavy atom. The SMILES string of the molecule is CN=C(NCC(=O)N(C)CC(F)(F)F)NC1CCN(c2cccs2)CC1.I. The standard InChI is InChI=1S/C16H24F3N5OS.HI/c1-20-15(21-10-13(25)23(2)11-16(17,18)19)22-12-5-7-24(8-6-12)14-4-3-9-26-14;/h3-4,9,12H,5-8,10-11H2,1-2H3,(H2,20,21,22);1H. The smallest absolute Gasteiger partial charge is 0.363 e. The number of nitrogens with zero attached hydrogens (tertiary/aromatic N) is 3. The molecule has 2 rings (SSSR count). The molecule has 11 heteroatoms. The maximum Gasteiger partial charge on any atom is 0.406 e. The number of thiophene rings is 1. The molecular weight excluding hydrogens is 494 g/mol. The second-order valence-corrected chi connectivity index (χ2v) is 7.07. The summed E-state index contributed by atoms with van der Waals surface area (Å²) in [4.78, 5) is 18.8. The van der Waals surface area contributed by atoms with Crippen LogP contribution in [0.25, 0.3) is 0 Å². The molecule has 1 aromatic heterocycles. The molecule has 0 unspecified atom stereocenters. The highest BCUT2D eigenvalue weighted by molar-refractivity contribution is 14.0. The summed E-state index contributed by atoms with van der Waals surface area (Å²) in [6.07, 6.45) is -2.57. The summed E-state index contributed by atoms with van der Waals surface area (Å²) in [6.45, 7) is 0.339.